The fraction of sp³-hybridized carbons (Fsp3) is 0.714. The summed E-state index contributed by atoms with van der Waals surface area (Å²) in [5.41, 5.74) is -27.5. The monoisotopic (exact) mass is 726 g/mol. The molecule has 12 atom stereocenters. The van der Waals surface area contributed by atoms with Gasteiger partial charge >= 0.3 is 0 Å². The van der Waals surface area contributed by atoms with E-state index in [0.717, 1.165) is 13.8 Å². The Labute approximate surface area is 280 Å². The lowest BCUT2D eigenvalue weighted by Crippen LogP contribution is -2.87. The first-order chi connectivity index (χ1) is 21.6. The summed E-state index contributed by atoms with van der Waals surface area (Å²) in [6, 6.07) is 0. The largest absolute Gasteiger partial charge is 0.382 e. The summed E-state index contributed by atoms with van der Waals surface area (Å²) in [5.74, 6) is -11.9. The molecule has 270 valence electrons. The van der Waals surface area contributed by atoms with E-state index in [1.165, 1.54) is 0 Å². The zero-order chi connectivity index (χ0) is 37.9. The Hall–Kier alpha value is -2.34. The number of aliphatic hydroxyl groups excluding tert-OH is 2. The molecule has 0 amide bonds. The van der Waals surface area contributed by atoms with Crippen molar-refractivity contribution < 1.29 is 88.7 Å². The number of hydrogen-bond acceptors (Lipinski definition) is 20. The third-order valence-corrected chi connectivity index (χ3v) is 11.8. The lowest BCUT2D eigenvalue weighted by molar-refractivity contribution is -0.312. The molecular formula is C28H38O18S2. The molecule has 2 unspecified atom stereocenters. The maximum absolute atomic E-state index is 13.1. The summed E-state index contributed by atoms with van der Waals surface area (Å²) in [7, 11) is -0.118. The average Bonchev–Trinajstić information content (AvgIpc) is 2.97. The molecular weight excluding hydrogens is 688 g/mol. The first-order valence-electron chi connectivity index (χ1n) is 14.0. The second-order valence-corrected chi connectivity index (χ2v) is 14.3. The van der Waals surface area contributed by atoms with Crippen molar-refractivity contribution in [3.8, 4) is 0 Å². The molecule has 48 heavy (non-hydrogen) atoms. The van der Waals surface area contributed by atoms with Crippen molar-refractivity contribution >= 4 is 67.9 Å². The van der Waals surface area contributed by atoms with Crippen LogP contribution in [0.2, 0.25) is 0 Å². The van der Waals surface area contributed by atoms with Crippen LogP contribution in [0.5, 0.6) is 0 Å². The van der Waals surface area contributed by atoms with Gasteiger partial charge in [-0.05, 0) is 55.4 Å². The van der Waals surface area contributed by atoms with Crippen molar-refractivity contribution in [3.05, 3.63) is 0 Å². The highest BCUT2D eigenvalue weighted by molar-refractivity contribution is 8.77. The third-order valence-electron chi connectivity index (χ3n) is 9.06. The first kappa shape index (κ1) is 41.8. The molecule has 0 radical (unpaired) electrons. The molecule has 8 N–H and O–H groups in total. The number of ketones is 8. The van der Waals surface area contributed by atoms with Gasteiger partial charge in [0.15, 0.2) is 79.5 Å². The average molecular weight is 727 g/mol. The van der Waals surface area contributed by atoms with Crippen molar-refractivity contribution in [1.29, 1.82) is 0 Å². The molecule has 20 heteroatoms. The molecule has 0 saturated carbocycles. The number of carbonyl (C=O) groups is 8. The van der Waals surface area contributed by atoms with Crippen LogP contribution in [0.3, 0.4) is 0 Å². The minimum Gasteiger partial charge on any atom is -0.382 e. The van der Waals surface area contributed by atoms with Crippen LogP contribution in [-0.4, -0.2) is 156 Å². The smallest absolute Gasteiger partial charge is 0.200 e. The Morgan fingerprint density at radius 1 is 0.458 bits per heavy atom. The van der Waals surface area contributed by atoms with Crippen LogP contribution in [0, 0.1) is 0 Å². The van der Waals surface area contributed by atoms with Gasteiger partial charge in [0, 0.05) is 0 Å². The van der Waals surface area contributed by atoms with Crippen molar-refractivity contribution in [2.75, 3.05) is 0 Å². The molecule has 2 saturated heterocycles. The number of hydrogen-bond donors (Lipinski definition) is 8. The molecule has 0 aromatic heterocycles. The molecule has 0 bridgehead atoms. The molecule has 2 fully saturated rings. The molecule has 0 aliphatic carbocycles. The minimum atomic E-state index is -3.89. The number of aliphatic hydroxyl groups is 8. The summed E-state index contributed by atoms with van der Waals surface area (Å²) >= 11 is 0. The Bertz CT molecular complexity index is 1340. The summed E-state index contributed by atoms with van der Waals surface area (Å²) in [5, 5.41) is 91.2. The van der Waals surface area contributed by atoms with Crippen LogP contribution in [0.25, 0.3) is 0 Å². The lowest BCUT2D eigenvalue weighted by Gasteiger charge is -2.59. The van der Waals surface area contributed by atoms with Gasteiger partial charge in [-0.2, -0.15) is 0 Å². The van der Waals surface area contributed by atoms with Gasteiger partial charge in [0.05, 0.1) is 0 Å². The SMILES string of the molecule is CC(=O)C(O)[C@H]1O[C@@H](SS[C@@H]2O[C@H](C(O)C(C)=O)[C@@](O)(C(C)=O)[C@@](O)(C(C)=O)[C@]2(O)C(C)=O)[C@@](O)(C(C)=O)[C@](O)(C(C)=O)[C@]1(O)C(C)=O. The molecule has 2 rings (SSSR count). The molecule has 0 aromatic carbocycles. The van der Waals surface area contributed by atoms with E-state index in [9.17, 15) is 79.2 Å². The van der Waals surface area contributed by atoms with Crippen molar-refractivity contribution in [1.82, 2.24) is 0 Å². The maximum Gasteiger partial charge on any atom is 0.200 e. The number of carbonyl (C=O) groups excluding carboxylic acids is 8. The Morgan fingerprint density at radius 3 is 0.854 bits per heavy atom. The highest BCUT2D eigenvalue weighted by Gasteiger charge is 2.81. The minimum absolute atomic E-state index is 0.0591. The highest BCUT2D eigenvalue weighted by Crippen LogP contribution is 2.57. The van der Waals surface area contributed by atoms with Gasteiger partial charge in [-0.3, -0.25) is 38.4 Å². The van der Waals surface area contributed by atoms with Crippen LogP contribution in [-0.2, 0) is 47.8 Å². The van der Waals surface area contributed by atoms with Gasteiger partial charge < -0.3 is 50.3 Å². The third kappa shape index (κ3) is 5.28. The number of Topliss-reactive ketones (excluding diaryl/α,β-unsaturated/α-hetero) is 8. The van der Waals surface area contributed by atoms with E-state index in [-0.39, 0.29) is 21.6 Å². The van der Waals surface area contributed by atoms with Gasteiger partial charge in [-0.15, -0.1) is 0 Å². The summed E-state index contributed by atoms with van der Waals surface area (Å²) in [6.45, 7) is 4.94. The van der Waals surface area contributed by atoms with E-state index in [0.29, 0.717) is 41.5 Å². The van der Waals surface area contributed by atoms with Crippen LogP contribution in [0.1, 0.15) is 55.4 Å². The standard InChI is InChI=1S/C28H38O18S2/c1-9(29)17(37)19-23(39,11(3)31)27(43,15(7)35)25(41,13(5)33)21(45-19)47-48-22-26(42,14(6)34)28(44,16(8)36)24(40,12(4)32)20(46-22)18(38)10(2)30/h17-22,37-44H,1-8H3/t17?,18?,19-,20-,21+,22+,23+,24+,25+,26+,27+,28+/m1/s1. The van der Waals surface area contributed by atoms with Crippen LogP contribution < -0.4 is 0 Å². The molecule has 2 heterocycles. The van der Waals surface area contributed by atoms with E-state index < -0.39 is 115 Å². The molecule has 0 aromatic rings. The predicted molar refractivity (Wildman–Crippen MR) is 160 cm³/mol. The van der Waals surface area contributed by atoms with Crippen molar-refractivity contribution in [2.24, 2.45) is 0 Å². The fourth-order valence-electron chi connectivity index (χ4n) is 6.14. The van der Waals surface area contributed by atoms with Crippen LogP contribution in [0.4, 0.5) is 0 Å². The lowest BCUT2D eigenvalue weighted by atomic mass is 9.60. The van der Waals surface area contributed by atoms with Crippen LogP contribution in [0.15, 0.2) is 0 Å². The van der Waals surface area contributed by atoms with E-state index in [1.807, 2.05) is 0 Å². The van der Waals surface area contributed by atoms with E-state index >= 15 is 0 Å². The zero-order valence-corrected chi connectivity index (χ0v) is 28.6. The molecule has 0 spiro atoms. The number of rotatable bonds is 13. The maximum atomic E-state index is 13.1. The normalized spacial score (nSPS) is 41.1. The van der Waals surface area contributed by atoms with Gasteiger partial charge in [-0.1, -0.05) is 21.6 Å². The topological polar surface area (TPSA) is 317 Å². The molecule has 18 nitrogen and oxygen atoms in total. The van der Waals surface area contributed by atoms with E-state index in [1.54, 1.807) is 0 Å². The first-order valence-corrected chi connectivity index (χ1v) is 16.2. The quantitative estimate of drug-likeness (QED) is 0.0831. The molecule has 2 aliphatic heterocycles. The zero-order valence-electron chi connectivity index (χ0n) is 26.9. The van der Waals surface area contributed by atoms with Gasteiger partial charge in [-0.25, -0.2) is 0 Å². The Kier molecular flexibility index (Phi) is 11.7. The summed E-state index contributed by atoms with van der Waals surface area (Å²) in [4.78, 5) is 102. The van der Waals surface area contributed by atoms with Gasteiger partial charge in [0.25, 0.3) is 0 Å². The van der Waals surface area contributed by atoms with Gasteiger partial charge in [0.1, 0.15) is 24.4 Å². The van der Waals surface area contributed by atoms with Crippen molar-refractivity contribution in [3.63, 3.8) is 0 Å². The fourth-order valence-corrected chi connectivity index (χ4v) is 9.33. The van der Waals surface area contributed by atoms with E-state index in [2.05, 4.69) is 0 Å². The van der Waals surface area contributed by atoms with Crippen LogP contribution >= 0.6 is 21.6 Å². The predicted octanol–water partition coefficient (Wildman–Crippen LogP) is -4.36. The van der Waals surface area contributed by atoms with E-state index in [4.69, 9.17) is 9.47 Å². The second kappa shape index (κ2) is 13.4. The summed E-state index contributed by atoms with van der Waals surface area (Å²) < 4.78 is 11.0. The number of ether oxygens (including phenoxy) is 2. The summed E-state index contributed by atoms with van der Waals surface area (Å²) in [6.07, 6.45) is -10.2. The Morgan fingerprint density at radius 2 is 0.688 bits per heavy atom. The second-order valence-electron chi connectivity index (χ2n) is 11.9. The van der Waals surface area contributed by atoms with Crippen molar-refractivity contribution in [2.45, 2.75) is 124 Å². The molecule has 2 aliphatic rings. The Balaban J connectivity index is 2.94. The van der Waals surface area contributed by atoms with Gasteiger partial charge in [0.2, 0.25) is 11.2 Å². The highest BCUT2D eigenvalue weighted by atomic mass is 33.1.